The number of hydrogen-bond donors (Lipinski definition) is 0. The van der Waals surface area contributed by atoms with Gasteiger partial charge in [0, 0.05) is 24.3 Å². The highest BCUT2D eigenvalue weighted by Crippen LogP contribution is 2.32. The third-order valence-electron chi connectivity index (χ3n) is 3.65. The van der Waals surface area contributed by atoms with Gasteiger partial charge in [-0.05, 0) is 48.9 Å². The maximum absolute atomic E-state index is 10.8. The van der Waals surface area contributed by atoms with Crippen LogP contribution in [0.1, 0.15) is 42.6 Å². The number of aryl methyl sites for hydroxylation is 1. The van der Waals surface area contributed by atoms with Crippen LogP contribution in [-0.4, -0.2) is 19.4 Å². The second-order valence-corrected chi connectivity index (χ2v) is 5.85. The SMILES string of the molecule is Cc1cc(N2CCCC(C)(C)C2)ccc1C=O. The van der Waals surface area contributed by atoms with Gasteiger partial charge in [0.05, 0.1) is 0 Å². The van der Waals surface area contributed by atoms with Crippen molar-refractivity contribution in [2.24, 2.45) is 5.41 Å². The van der Waals surface area contributed by atoms with E-state index >= 15 is 0 Å². The Balaban J connectivity index is 2.22. The minimum Gasteiger partial charge on any atom is -0.371 e. The van der Waals surface area contributed by atoms with E-state index < -0.39 is 0 Å². The molecule has 0 N–H and O–H groups in total. The standard InChI is InChI=1S/C15H21NO/c1-12-9-14(6-5-13(12)10-17)16-8-4-7-15(2,3)11-16/h5-6,9-10H,4,7-8,11H2,1-3H3. The first-order valence-electron chi connectivity index (χ1n) is 6.33. The monoisotopic (exact) mass is 231 g/mol. The molecule has 0 radical (unpaired) electrons. The van der Waals surface area contributed by atoms with Crippen molar-refractivity contribution in [3.05, 3.63) is 29.3 Å². The second kappa shape index (κ2) is 4.52. The van der Waals surface area contributed by atoms with Gasteiger partial charge in [-0.1, -0.05) is 13.8 Å². The van der Waals surface area contributed by atoms with E-state index in [9.17, 15) is 4.79 Å². The highest BCUT2D eigenvalue weighted by molar-refractivity contribution is 5.78. The number of anilines is 1. The van der Waals surface area contributed by atoms with Crippen LogP contribution in [0, 0.1) is 12.3 Å². The predicted molar refractivity (Wildman–Crippen MR) is 71.8 cm³/mol. The van der Waals surface area contributed by atoms with Crippen LogP contribution >= 0.6 is 0 Å². The predicted octanol–water partition coefficient (Wildman–Crippen LogP) is 3.43. The van der Waals surface area contributed by atoms with Gasteiger partial charge >= 0.3 is 0 Å². The number of hydrogen-bond acceptors (Lipinski definition) is 2. The van der Waals surface area contributed by atoms with Gasteiger partial charge in [0.2, 0.25) is 0 Å². The molecule has 2 nitrogen and oxygen atoms in total. The zero-order valence-corrected chi connectivity index (χ0v) is 11.0. The molecule has 17 heavy (non-hydrogen) atoms. The van der Waals surface area contributed by atoms with Crippen LogP contribution < -0.4 is 4.90 Å². The summed E-state index contributed by atoms with van der Waals surface area (Å²) in [7, 11) is 0. The number of benzene rings is 1. The van der Waals surface area contributed by atoms with E-state index in [4.69, 9.17) is 0 Å². The molecule has 0 bridgehead atoms. The molecule has 1 aromatic carbocycles. The van der Waals surface area contributed by atoms with Gasteiger partial charge in [0.15, 0.2) is 0 Å². The minimum atomic E-state index is 0.398. The summed E-state index contributed by atoms with van der Waals surface area (Å²) in [5.41, 5.74) is 3.52. The summed E-state index contributed by atoms with van der Waals surface area (Å²) < 4.78 is 0. The van der Waals surface area contributed by atoms with Crippen LogP contribution in [0.5, 0.6) is 0 Å². The Morgan fingerprint density at radius 1 is 1.35 bits per heavy atom. The van der Waals surface area contributed by atoms with Crippen LogP contribution in [0.4, 0.5) is 5.69 Å². The number of aldehydes is 1. The molecule has 2 heteroatoms. The van der Waals surface area contributed by atoms with Crippen molar-refractivity contribution in [1.29, 1.82) is 0 Å². The largest absolute Gasteiger partial charge is 0.371 e. The summed E-state index contributed by atoms with van der Waals surface area (Å²) in [6, 6.07) is 6.13. The zero-order valence-electron chi connectivity index (χ0n) is 11.0. The van der Waals surface area contributed by atoms with Crippen LogP contribution in [0.15, 0.2) is 18.2 Å². The highest BCUT2D eigenvalue weighted by atomic mass is 16.1. The number of rotatable bonds is 2. The number of nitrogens with zero attached hydrogens (tertiary/aromatic N) is 1. The molecule has 0 saturated carbocycles. The lowest BCUT2D eigenvalue weighted by atomic mass is 9.84. The number of carbonyl (C=O) groups is 1. The zero-order chi connectivity index (χ0) is 12.5. The van der Waals surface area contributed by atoms with Gasteiger partial charge in [0.1, 0.15) is 6.29 Å². The lowest BCUT2D eigenvalue weighted by Gasteiger charge is -2.39. The average Bonchev–Trinajstić information content (AvgIpc) is 2.27. The Hall–Kier alpha value is -1.31. The molecule has 1 aromatic rings. The normalized spacial score (nSPS) is 19.1. The lowest BCUT2D eigenvalue weighted by molar-refractivity contribution is 0.112. The molecule has 1 aliphatic heterocycles. The summed E-state index contributed by atoms with van der Waals surface area (Å²) in [5, 5.41) is 0. The van der Waals surface area contributed by atoms with Gasteiger partial charge in [-0.3, -0.25) is 4.79 Å². The molecule has 0 aromatic heterocycles. The molecular formula is C15H21NO. The Bertz CT molecular complexity index is 423. The summed E-state index contributed by atoms with van der Waals surface area (Å²) >= 11 is 0. The molecule has 0 aliphatic carbocycles. The summed E-state index contributed by atoms with van der Waals surface area (Å²) in [5.74, 6) is 0. The van der Waals surface area contributed by atoms with Gasteiger partial charge in [-0.15, -0.1) is 0 Å². The first kappa shape index (κ1) is 12.2. The molecule has 0 unspecified atom stereocenters. The molecule has 1 aliphatic rings. The van der Waals surface area contributed by atoms with E-state index in [1.54, 1.807) is 0 Å². The van der Waals surface area contributed by atoms with Gasteiger partial charge in [0.25, 0.3) is 0 Å². The Morgan fingerprint density at radius 2 is 2.12 bits per heavy atom. The van der Waals surface area contributed by atoms with E-state index in [-0.39, 0.29) is 0 Å². The smallest absolute Gasteiger partial charge is 0.150 e. The van der Waals surface area contributed by atoms with Gasteiger partial charge in [-0.25, -0.2) is 0 Å². The molecule has 0 atom stereocenters. The molecule has 0 amide bonds. The fourth-order valence-electron chi connectivity index (χ4n) is 2.63. The molecule has 1 fully saturated rings. The maximum atomic E-state index is 10.8. The van der Waals surface area contributed by atoms with E-state index in [1.807, 2.05) is 13.0 Å². The molecule has 1 saturated heterocycles. The summed E-state index contributed by atoms with van der Waals surface area (Å²) in [6.07, 6.45) is 3.48. The average molecular weight is 231 g/mol. The third-order valence-corrected chi connectivity index (χ3v) is 3.65. The lowest BCUT2D eigenvalue weighted by Crippen LogP contribution is -2.40. The second-order valence-electron chi connectivity index (χ2n) is 5.85. The van der Waals surface area contributed by atoms with E-state index in [0.717, 1.165) is 30.5 Å². The molecular weight excluding hydrogens is 210 g/mol. The van der Waals surface area contributed by atoms with Crippen LogP contribution in [0.2, 0.25) is 0 Å². The molecule has 0 spiro atoms. The van der Waals surface area contributed by atoms with E-state index in [0.29, 0.717) is 5.41 Å². The Labute approximate surface area is 104 Å². The number of carbonyl (C=O) groups excluding carboxylic acids is 1. The van der Waals surface area contributed by atoms with Crippen molar-refractivity contribution in [3.63, 3.8) is 0 Å². The fraction of sp³-hybridized carbons (Fsp3) is 0.533. The summed E-state index contributed by atoms with van der Waals surface area (Å²) in [6.45, 7) is 8.89. The van der Waals surface area contributed by atoms with E-state index in [1.165, 1.54) is 18.5 Å². The van der Waals surface area contributed by atoms with Crippen molar-refractivity contribution in [2.75, 3.05) is 18.0 Å². The quantitative estimate of drug-likeness (QED) is 0.727. The third kappa shape index (κ3) is 2.68. The molecule has 92 valence electrons. The van der Waals surface area contributed by atoms with Crippen molar-refractivity contribution in [3.8, 4) is 0 Å². The van der Waals surface area contributed by atoms with E-state index in [2.05, 4.69) is 30.9 Å². The first-order valence-corrected chi connectivity index (χ1v) is 6.33. The van der Waals surface area contributed by atoms with Crippen molar-refractivity contribution in [2.45, 2.75) is 33.6 Å². The van der Waals surface area contributed by atoms with Crippen molar-refractivity contribution < 1.29 is 4.79 Å². The number of piperidine rings is 1. The minimum absolute atomic E-state index is 0.398. The molecule has 2 rings (SSSR count). The first-order chi connectivity index (χ1) is 8.02. The van der Waals surface area contributed by atoms with Crippen LogP contribution in [0.3, 0.4) is 0 Å². The van der Waals surface area contributed by atoms with Crippen molar-refractivity contribution in [1.82, 2.24) is 0 Å². The topological polar surface area (TPSA) is 20.3 Å². The van der Waals surface area contributed by atoms with Gasteiger partial charge < -0.3 is 4.90 Å². The summed E-state index contributed by atoms with van der Waals surface area (Å²) in [4.78, 5) is 13.2. The highest BCUT2D eigenvalue weighted by Gasteiger charge is 2.26. The van der Waals surface area contributed by atoms with Crippen molar-refractivity contribution >= 4 is 12.0 Å². The van der Waals surface area contributed by atoms with Crippen LogP contribution in [-0.2, 0) is 0 Å². The molecule has 1 heterocycles. The maximum Gasteiger partial charge on any atom is 0.150 e. The fourth-order valence-corrected chi connectivity index (χ4v) is 2.63. The van der Waals surface area contributed by atoms with Crippen LogP contribution in [0.25, 0.3) is 0 Å². The Morgan fingerprint density at radius 3 is 2.71 bits per heavy atom. The van der Waals surface area contributed by atoms with Gasteiger partial charge in [-0.2, -0.15) is 0 Å². The Kier molecular flexibility index (Phi) is 3.23.